The standard InChI is InChI=1S/C11H16N4O3/c1-2-3-10(16)14-5-4-8(6-14)15-7-9(11(17)18)12-13-15/h7-8H,2-6H2,1H3,(H,17,18). The molecule has 1 fully saturated rings. The number of aromatic carboxylic acids is 1. The Morgan fingerprint density at radius 3 is 2.94 bits per heavy atom. The van der Waals surface area contributed by atoms with Gasteiger partial charge in [-0.1, -0.05) is 12.1 Å². The second-order valence-corrected chi connectivity index (χ2v) is 4.42. The van der Waals surface area contributed by atoms with E-state index in [9.17, 15) is 9.59 Å². The zero-order valence-corrected chi connectivity index (χ0v) is 10.2. The van der Waals surface area contributed by atoms with Gasteiger partial charge in [-0.15, -0.1) is 5.10 Å². The maximum atomic E-state index is 11.7. The summed E-state index contributed by atoms with van der Waals surface area (Å²) in [7, 11) is 0. The molecule has 18 heavy (non-hydrogen) atoms. The quantitative estimate of drug-likeness (QED) is 0.845. The monoisotopic (exact) mass is 252 g/mol. The first-order chi connectivity index (χ1) is 8.61. The Morgan fingerprint density at radius 2 is 2.33 bits per heavy atom. The minimum absolute atomic E-state index is 0.0337. The molecule has 1 unspecified atom stereocenters. The van der Waals surface area contributed by atoms with Crippen molar-refractivity contribution < 1.29 is 14.7 Å². The van der Waals surface area contributed by atoms with Gasteiger partial charge in [0, 0.05) is 19.5 Å². The van der Waals surface area contributed by atoms with Crippen molar-refractivity contribution in [2.45, 2.75) is 32.2 Å². The fraction of sp³-hybridized carbons (Fsp3) is 0.636. The van der Waals surface area contributed by atoms with Gasteiger partial charge in [0.15, 0.2) is 5.69 Å². The molecule has 0 bridgehead atoms. The SMILES string of the molecule is CCCC(=O)N1CCC(n2cc(C(=O)O)nn2)C1. The van der Waals surface area contributed by atoms with E-state index in [4.69, 9.17) is 5.11 Å². The molecule has 1 saturated heterocycles. The highest BCUT2D eigenvalue weighted by atomic mass is 16.4. The van der Waals surface area contributed by atoms with E-state index in [0.717, 1.165) is 12.8 Å². The summed E-state index contributed by atoms with van der Waals surface area (Å²) in [4.78, 5) is 24.2. The first-order valence-electron chi connectivity index (χ1n) is 6.04. The molecule has 1 amide bonds. The molecule has 2 rings (SSSR count). The number of hydrogen-bond donors (Lipinski definition) is 1. The number of carbonyl (C=O) groups excluding carboxylic acids is 1. The van der Waals surface area contributed by atoms with Crippen LogP contribution in [0.2, 0.25) is 0 Å². The van der Waals surface area contributed by atoms with Crippen LogP contribution in [0.5, 0.6) is 0 Å². The van der Waals surface area contributed by atoms with Crippen LogP contribution < -0.4 is 0 Å². The van der Waals surface area contributed by atoms with Gasteiger partial charge in [0.1, 0.15) is 0 Å². The summed E-state index contributed by atoms with van der Waals surface area (Å²) in [6.07, 6.45) is 3.61. The topological polar surface area (TPSA) is 88.3 Å². The molecule has 0 saturated carbocycles. The highest BCUT2D eigenvalue weighted by Gasteiger charge is 2.28. The van der Waals surface area contributed by atoms with Gasteiger partial charge in [-0.2, -0.15) is 0 Å². The van der Waals surface area contributed by atoms with Crippen LogP contribution in [0.3, 0.4) is 0 Å². The molecule has 0 spiro atoms. The fourth-order valence-electron chi connectivity index (χ4n) is 2.11. The molecule has 1 aliphatic rings. The van der Waals surface area contributed by atoms with Gasteiger partial charge < -0.3 is 10.0 Å². The van der Waals surface area contributed by atoms with Crippen molar-refractivity contribution in [3.05, 3.63) is 11.9 Å². The molecule has 0 radical (unpaired) electrons. The van der Waals surface area contributed by atoms with E-state index in [1.165, 1.54) is 6.20 Å². The summed E-state index contributed by atoms with van der Waals surface area (Å²) >= 11 is 0. The number of carbonyl (C=O) groups is 2. The van der Waals surface area contributed by atoms with Crippen molar-refractivity contribution in [1.82, 2.24) is 19.9 Å². The molecular weight excluding hydrogens is 236 g/mol. The predicted molar refractivity (Wildman–Crippen MR) is 62.1 cm³/mol. The lowest BCUT2D eigenvalue weighted by Gasteiger charge is -2.15. The summed E-state index contributed by atoms with van der Waals surface area (Å²) in [5.74, 6) is -0.934. The number of carboxylic acids is 1. The molecule has 2 heterocycles. The van der Waals surface area contributed by atoms with Crippen LogP contribution in [0.25, 0.3) is 0 Å². The number of rotatable bonds is 4. The first kappa shape index (κ1) is 12.5. The predicted octanol–water partition coefficient (Wildman–Crippen LogP) is 0.550. The van der Waals surface area contributed by atoms with Gasteiger partial charge in [-0.05, 0) is 12.8 Å². The van der Waals surface area contributed by atoms with E-state index in [1.54, 1.807) is 9.58 Å². The van der Waals surface area contributed by atoms with E-state index in [1.807, 2.05) is 6.92 Å². The fourth-order valence-corrected chi connectivity index (χ4v) is 2.11. The Morgan fingerprint density at radius 1 is 1.56 bits per heavy atom. The number of hydrogen-bond acceptors (Lipinski definition) is 4. The molecule has 1 N–H and O–H groups in total. The first-order valence-corrected chi connectivity index (χ1v) is 6.04. The van der Waals surface area contributed by atoms with Crippen molar-refractivity contribution >= 4 is 11.9 Å². The smallest absolute Gasteiger partial charge is 0.358 e. The number of amides is 1. The summed E-state index contributed by atoms with van der Waals surface area (Å²) in [5.41, 5.74) is -0.0617. The number of nitrogens with zero attached hydrogens (tertiary/aromatic N) is 4. The second kappa shape index (κ2) is 5.16. The highest BCUT2D eigenvalue weighted by Crippen LogP contribution is 2.21. The van der Waals surface area contributed by atoms with Crippen LogP contribution in [-0.4, -0.2) is 50.0 Å². The van der Waals surface area contributed by atoms with Crippen LogP contribution in [0, 0.1) is 0 Å². The number of aromatic nitrogens is 3. The zero-order valence-electron chi connectivity index (χ0n) is 10.2. The summed E-state index contributed by atoms with van der Waals surface area (Å²) in [6, 6.07) is 0.0337. The maximum absolute atomic E-state index is 11.7. The Balaban J connectivity index is 1.99. The van der Waals surface area contributed by atoms with Crippen LogP contribution in [-0.2, 0) is 4.79 Å². The molecule has 1 aromatic heterocycles. The third-order valence-electron chi connectivity index (χ3n) is 3.08. The van der Waals surface area contributed by atoms with E-state index >= 15 is 0 Å². The molecule has 1 aromatic rings. The Hall–Kier alpha value is -1.92. The third kappa shape index (κ3) is 2.49. The van der Waals surface area contributed by atoms with Crippen molar-refractivity contribution in [3.63, 3.8) is 0 Å². The van der Waals surface area contributed by atoms with Gasteiger partial charge in [0.25, 0.3) is 0 Å². The average molecular weight is 252 g/mol. The zero-order chi connectivity index (χ0) is 13.1. The van der Waals surface area contributed by atoms with Gasteiger partial charge in [-0.25, -0.2) is 9.48 Å². The lowest BCUT2D eigenvalue weighted by molar-refractivity contribution is -0.130. The Labute approximate surface area is 104 Å². The lowest BCUT2D eigenvalue weighted by Crippen LogP contribution is -2.28. The van der Waals surface area contributed by atoms with Crippen molar-refractivity contribution in [2.75, 3.05) is 13.1 Å². The Bertz CT molecular complexity index is 457. The van der Waals surface area contributed by atoms with Crippen molar-refractivity contribution in [2.24, 2.45) is 0 Å². The minimum Gasteiger partial charge on any atom is -0.476 e. The number of likely N-dealkylation sites (tertiary alicyclic amines) is 1. The molecule has 98 valence electrons. The summed E-state index contributed by atoms with van der Waals surface area (Å²) < 4.78 is 1.54. The van der Waals surface area contributed by atoms with Gasteiger partial charge in [-0.3, -0.25) is 4.79 Å². The molecule has 1 aliphatic heterocycles. The molecule has 7 nitrogen and oxygen atoms in total. The molecule has 0 aliphatic carbocycles. The van der Waals surface area contributed by atoms with Gasteiger partial charge in [0.2, 0.25) is 5.91 Å². The second-order valence-electron chi connectivity index (χ2n) is 4.42. The van der Waals surface area contributed by atoms with E-state index < -0.39 is 5.97 Å². The molecule has 0 aromatic carbocycles. The minimum atomic E-state index is -1.09. The maximum Gasteiger partial charge on any atom is 0.358 e. The van der Waals surface area contributed by atoms with E-state index in [0.29, 0.717) is 19.5 Å². The van der Waals surface area contributed by atoms with Crippen molar-refractivity contribution in [1.29, 1.82) is 0 Å². The van der Waals surface area contributed by atoms with Crippen LogP contribution in [0.1, 0.15) is 42.7 Å². The van der Waals surface area contributed by atoms with E-state index in [-0.39, 0.29) is 17.6 Å². The van der Waals surface area contributed by atoms with Crippen LogP contribution in [0.15, 0.2) is 6.20 Å². The normalized spacial score (nSPS) is 19.2. The molecule has 1 atom stereocenters. The Kier molecular flexibility index (Phi) is 3.59. The summed E-state index contributed by atoms with van der Waals surface area (Å²) in [6.45, 7) is 3.26. The van der Waals surface area contributed by atoms with E-state index in [2.05, 4.69) is 10.3 Å². The highest BCUT2D eigenvalue weighted by molar-refractivity contribution is 5.84. The number of carboxylic acid groups (broad SMARTS) is 1. The van der Waals surface area contributed by atoms with Gasteiger partial charge >= 0.3 is 5.97 Å². The third-order valence-corrected chi connectivity index (χ3v) is 3.08. The summed E-state index contributed by atoms with van der Waals surface area (Å²) in [5, 5.41) is 16.2. The average Bonchev–Trinajstić information content (AvgIpc) is 2.98. The van der Waals surface area contributed by atoms with Crippen LogP contribution in [0.4, 0.5) is 0 Å². The van der Waals surface area contributed by atoms with Gasteiger partial charge in [0.05, 0.1) is 12.2 Å². The van der Waals surface area contributed by atoms with Crippen molar-refractivity contribution in [3.8, 4) is 0 Å². The van der Waals surface area contributed by atoms with Crippen LogP contribution >= 0.6 is 0 Å². The lowest BCUT2D eigenvalue weighted by atomic mass is 10.3. The largest absolute Gasteiger partial charge is 0.476 e. The molecule has 7 heteroatoms. The molecular formula is C11H16N4O3.